The van der Waals surface area contributed by atoms with Crippen LogP contribution in [0.1, 0.15) is 41.4 Å². The summed E-state index contributed by atoms with van der Waals surface area (Å²) in [5.41, 5.74) is 1.99. The Balaban J connectivity index is 1.22. The van der Waals surface area contributed by atoms with E-state index in [0.717, 1.165) is 21.1 Å². The van der Waals surface area contributed by atoms with Crippen LogP contribution in [0.5, 0.6) is 11.5 Å². The molecule has 1 aliphatic heterocycles. The second-order valence-electron chi connectivity index (χ2n) is 10.2. The van der Waals surface area contributed by atoms with Gasteiger partial charge in [-0.05, 0) is 91.8 Å². The van der Waals surface area contributed by atoms with Crippen LogP contribution in [0.2, 0.25) is 0 Å². The molecule has 212 valence electrons. The van der Waals surface area contributed by atoms with Crippen molar-refractivity contribution in [3.05, 3.63) is 95.4 Å². The van der Waals surface area contributed by atoms with Gasteiger partial charge >= 0.3 is 5.97 Å². The maximum absolute atomic E-state index is 13.0. The van der Waals surface area contributed by atoms with E-state index in [1.165, 1.54) is 11.3 Å². The highest BCUT2D eigenvalue weighted by Gasteiger charge is 2.33. The molecule has 0 saturated heterocycles. The highest BCUT2D eigenvalue weighted by atomic mass is 32.2. The zero-order valence-corrected chi connectivity index (χ0v) is 24.2. The molecule has 9 heteroatoms. The number of para-hydroxylation sites is 1. The summed E-state index contributed by atoms with van der Waals surface area (Å²) in [5, 5.41) is 12.2. The number of rotatable bonds is 10. The fraction of sp³-hybridized carbons (Fsp3) is 0.250. The lowest BCUT2D eigenvalue weighted by molar-refractivity contribution is -0.142. The van der Waals surface area contributed by atoms with Gasteiger partial charge in [0.25, 0.3) is 5.91 Å². The molecule has 2 atom stereocenters. The van der Waals surface area contributed by atoms with Gasteiger partial charge in [0.05, 0.1) is 16.6 Å². The lowest BCUT2D eigenvalue weighted by Gasteiger charge is -2.23. The molecular formula is C32H31NO6S2. The van der Waals surface area contributed by atoms with Crippen molar-refractivity contribution in [3.63, 3.8) is 0 Å². The Kier molecular flexibility index (Phi) is 8.56. The first-order chi connectivity index (χ1) is 19.7. The van der Waals surface area contributed by atoms with Gasteiger partial charge in [0.15, 0.2) is 9.84 Å². The summed E-state index contributed by atoms with van der Waals surface area (Å²) >= 11 is 1.46. The number of ether oxygens (including phenoxy) is 1. The molecule has 0 fully saturated rings. The minimum Gasteiger partial charge on any atom is -0.481 e. The predicted molar refractivity (Wildman–Crippen MR) is 161 cm³/mol. The number of aliphatic carboxylic acids is 1. The van der Waals surface area contributed by atoms with E-state index >= 15 is 0 Å². The monoisotopic (exact) mass is 589 g/mol. The van der Waals surface area contributed by atoms with E-state index in [1.807, 2.05) is 49.4 Å². The van der Waals surface area contributed by atoms with E-state index in [2.05, 4.69) is 5.32 Å². The summed E-state index contributed by atoms with van der Waals surface area (Å²) in [4.78, 5) is 26.2. The standard InChI is InChI=1S/C32H31NO6S2/c1-2-22(32(35)36)9-8-21-18-29-30(41(37,38)20-21)19-28(40-29)23-10-14-25(15-11-23)33-31(34)24-12-16-27(17-13-24)39-26-6-4-3-5-7-26/h3-7,10-17,19,21-22H,2,8-9,18,20H2,1H3,(H,33,34)(H,35,36). The van der Waals surface area contributed by atoms with Crippen molar-refractivity contribution < 1.29 is 27.9 Å². The van der Waals surface area contributed by atoms with Crippen molar-refractivity contribution in [2.75, 3.05) is 11.1 Å². The van der Waals surface area contributed by atoms with E-state index in [4.69, 9.17) is 4.74 Å². The van der Waals surface area contributed by atoms with E-state index < -0.39 is 21.7 Å². The zero-order valence-electron chi connectivity index (χ0n) is 22.6. The van der Waals surface area contributed by atoms with Crippen LogP contribution >= 0.6 is 11.3 Å². The molecule has 0 aliphatic carbocycles. The minimum absolute atomic E-state index is 0.0521. The summed E-state index contributed by atoms with van der Waals surface area (Å²) in [6.45, 7) is 1.84. The molecule has 0 bridgehead atoms. The van der Waals surface area contributed by atoms with Crippen LogP contribution in [0.15, 0.2) is 89.8 Å². The number of amides is 1. The van der Waals surface area contributed by atoms with Crippen molar-refractivity contribution in [1.82, 2.24) is 0 Å². The number of carbonyl (C=O) groups excluding carboxylic acids is 1. The number of sulfone groups is 1. The molecule has 1 aliphatic rings. The number of benzene rings is 3. The molecule has 41 heavy (non-hydrogen) atoms. The SMILES string of the molecule is CCC(CCC1Cc2sc(-c3ccc(NC(=O)c4ccc(Oc5ccccc5)cc4)cc3)cc2S(=O)(=O)C1)C(=O)O. The first-order valence-corrected chi connectivity index (χ1v) is 16.0. The number of fused-ring (bicyclic) bond motifs is 1. The van der Waals surface area contributed by atoms with Gasteiger partial charge in [0.2, 0.25) is 0 Å². The predicted octanol–water partition coefficient (Wildman–Crippen LogP) is 7.30. The van der Waals surface area contributed by atoms with Crippen LogP contribution < -0.4 is 10.1 Å². The zero-order chi connectivity index (χ0) is 29.0. The van der Waals surface area contributed by atoms with Crippen molar-refractivity contribution in [2.45, 2.75) is 37.5 Å². The number of anilines is 1. The van der Waals surface area contributed by atoms with Gasteiger partial charge in [-0.1, -0.05) is 37.3 Å². The average Bonchev–Trinajstić information content (AvgIpc) is 3.40. The van der Waals surface area contributed by atoms with Gasteiger partial charge < -0.3 is 15.2 Å². The second kappa shape index (κ2) is 12.3. The fourth-order valence-corrected chi connectivity index (χ4v) is 8.59. The minimum atomic E-state index is -3.43. The number of hydrogen-bond donors (Lipinski definition) is 2. The number of nitrogens with one attached hydrogen (secondary N) is 1. The fourth-order valence-electron chi connectivity index (χ4n) is 5.03. The lowest BCUT2D eigenvalue weighted by Crippen LogP contribution is -2.25. The van der Waals surface area contributed by atoms with Gasteiger partial charge in [-0.15, -0.1) is 11.3 Å². The molecular weight excluding hydrogens is 558 g/mol. The van der Waals surface area contributed by atoms with Crippen LogP contribution in [0.4, 0.5) is 5.69 Å². The molecule has 1 aromatic heterocycles. The Morgan fingerprint density at radius 1 is 1.00 bits per heavy atom. The first kappa shape index (κ1) is 28.6. The first-order valence-electron chi connectivity index (χ1n) is 13.5. The van der Waals surface area contributed by atoms with E-state index in [0.29, 0.717) is 47.6 Å². The van der Waals surface area contributed by atoms with Crippen molar-refractivity contribution in [2.24, 2.45) is 11.8 Å². The molecule has 0 saturated carbocycles. The summed E-state index contributed by atoms with van der Waals surface area (Å²) in [6, 6.07) is 25.4. The molecule has 7 nitrogen and oxygen atoms in total. The third kappa shape index (κ3) is 6.86. The number of thiophene rings is 1. The number of hydrogen-bond acceptors (Lipinski definition) is 6. The Morgan fingerprint density at radius 3 is 2.34 bits per heavy atom. The Hall–Kier alpha value is -3.95. The quantitative estimate of drug-likeness (QED) is 0.201. The topological polar surface area (TPSA) is 110 Å². The maximum atomic E-state index is 13.0. The Bertz CT molecular complexity index is 1630. The Morgan fingerprint density at radius 2 is 1.68 bits per heavy atom. The van der Waals surface area contributed by atoms with Crippen LogP contribution in [0.25, 0.3) is 10.4 Å². The summed E-state index contributed by atoms with van der Waals surface area (Å²) in [5.74, 6) is -0.188. The van der Waals surface area contributed by atoms with Crippen LogP contribution in [0.3, 0.4) is 0 Å². The highest BCUT2D eigenvalue weighted by molar-refractivity contribution is 7.91. The van der Waals surface area contributed by atoms with Gasteiger partial charge in [-0.2, -0.15) is 0 Å². The van der Waals surface area contributed by atoms with Gasteiger partial charge in [-0.25, -0.2) is 8.42 Å². The summed E-state index contributed by atoms with van der Waals surface area (Å²) < 4.78 is 31.8. The third-order valence-electron chi connectivity index (χ3n) is 7.32. The normalized spacial score (nSPS) is 16.4. The summed E-state index contributed by atoms with van der Waals surface area (Å²) in [6.07, 6.45) is 2.24. The van der Waals surface area contributed by atoms with Gasteiger partial charge in [-0.3, -0.25) is 9.59 Å². The molecule has 3 aromatic carbocycles. The average molecular weight is 590 g/mol. The Labute approximate surface area is 243 Å². The number of carboxylic acid groups (broad SMARTS) is 1. The molecule has 0 spiro atoms. The molecule has 1 amide bonds. The van der Waals surface area contributed by atoms with Crippen molar-refractivity contribution >= 4 is 38.7 Å². The second-order valence-corrected chi connectivity index (χ2v) is 13.4. The smallest absolute Gasteiger partial charge is 0.306 e. The van der Waals surface area contributed by atoms with Crippen LogP contribution in [-0.4, -0.2) is 31.2 Å². The third-order valence-corrected chi connectivity index (χ3v) is 10.6. The molecule has 5 rings (SSSR count). The molecule has 2 unspecified atom stereocenters. The van der Waals surface area contributed by atoms with Crippen molar-refractivity contribution in [3.8, 4) is 21.9 Å². The largest absolute Gasteiger partial charge is 0.481 e. The number of carbonyl (C=O) groups is 2. The van der Waals surface area contributed by atoms with Crippen LogP contribution in [-0.2, 0) is 21.1 Å². The van der Waals surface area contributed by atoms with Crippen LogP contribution in [0, 0.1) is 11.8 Å². The van der Waals surface area contributed by atoms with E-state index in [-0.39, 0.29) is 17.6 Å². The van der Waals surface area contributed by atoms with Gasteiger partial charge in [0, 0.05) is 21.0 Å². The molecule has 0 radical (unpaired) electrons. The lowest BCUT2D eigenvalue weighted by atomic mass is 9.92. The maximum Gasteiger partial charge on any atom is 0.306 e. The van der Waals surface area contributed by atoms with Crippen molar-refractivity contribution in [1.29, 1.82) is 0 Å². The number of carboxylic acids is 1. The van der Waals surface area contributed by atoms with Gasteiger partial charge in [0.1, 0.15) is 11.5 Å². The summed E-state index contributed by atoms with van der Waals surface area (Å²) in [7, 11) is -3.43. The molecule has 2 heterocycles. The van der Waals surface area contributed by atoms with E-state index in [1.54, 1.807) is 42.5 Å². The molecule has 4 aromatic rings. The highest BCUT2D eigenvalue weighted by Crippen LogP contribution is 2.41. The van der Waals surface area contributed by atoms with E-state index in [9.17, 15) is 23.1 Å². The molecule has 2 N–H and O–H groups in total.